The van der Waals surface area contributed by atoms with E-state index < -0.39 is 11.4 Å². The number of rotatable bonds is 16. The van der Waals surface area contributed by atoms with E-state index in [2.05, 4.69) is 52.8 Å². The molecule has 7 rings (SSSR count). The van der Waals surface area contributed by atoms with Gasteiger partial charge in [-0.25, -0.2) is 0 Å². The van der Waals surface area contributed by atoms with E-state index in [-0.39, 0.29) is 18.4 Å². The Balaban J connectivity index is 1.05. The van der Waals surface area contributed by atoms with Crippen LogP contribution in [-0.4, -0.2) is 72.1 Å². The Hall–Kier alpha value is -5.05. The lowest BCUT2D eigenvalue weighted by molar-refractivity contribution is -0.139. The van der Waals surface area contributed by atoms with Crippen molar-refractivity contribution in [1.29, 1.82) is 0 Å². The first kappa shape index (κ1) is 42.1. The normalized spacial score (nSPS) is 19.2. The molecule has 0 bridgehead atoms. The number of ether oxygens (including phenoxy) is 2. The van der Waals surface area contributed by atoms with E-state index in [0.717, 1.165) is 100.0 Å². The van der Waals surface area contributed by atoms with Crippen LogP contribution in [-0.2, 0) is 29.2 Å². The number of aliphatic carboxylic acids is 1. The second kappa shape index (κ2) is 18.5. The minimum atomic E-state index is -0.831. The summed E-state index contributed by atoms with van der Waals surface area (Å²) in [5.41, 5.74) is 7.02. The summed E-state index contributed by atoms with van der Waals surface area (Å²) in [7, 11) is 5.44. The van der Waals surface area contributed by atoms with E-state index in [1.807, 2.05) is 53.3 Å². The van der Waals surface area contributed by atoms with Crippen LogP contribution in [0.25, 0.3) is 33.2 Å². The zero-order valence-electron chi connectivity index (χ0n) is 33.8. The van der Waals surface area contributed by atoms with E-state index in [0.29, 0.717) is 48.6 Å². The number of hydrogen-bond acceptors (Lipinski definition) is 7. The zero-order valence-corrected chi connectivity index (χ0v) is 35.3. The standard InChI is InChI=1S/C47H51Cl2N5O5/c1-5-47(23-45(56)57)18-16-30(17-19-47)27-53(2)28-34-20-40(48)33(22-43(34)59-4)29-54-41-11-7-9-37(39(41)26-51-54)38-10-6-8-36(46(38)49)31-12-13-32(42(21-31)58-3)24-50-25-35-14-15-44(55)52-35/h1,6-13,20-22,26,30,35,50H,14-19,23-25,27-29H2,2-4H3,(H,52,55)(H,56,57)/t30?,35-,47?/m0/s1. The SMILES string of the molecule is C#CC1(CC(=O)O)CCC(CN(C)Cc2cc(Cl)c(Cn3ncc4c(-c5cccc(-c6ccc(CNC[C@@H]7CCC(=O)N7)c(OC)c6)c5Cl)cccc43)cc2OC)CC1. The van der Waals surface area contributed by atoms with Gasteiger partial charge in [0.25, 0.3) is 0 Å². The first-order valence-electron chi connectivity index (χ1n) is 20.1. The number of nitrogens with one attached hydrogen (secondary N) is 2. The van der Waals surface area contributed by atoms with Crippen LogP contribution in [0.1, 0.15) is 61.6 Å². The number of carboxylic acid groups (broad SMARTS) is 1. The van der Waals surface area contributed by atoms with Gasteiger partial charge >= 0.3 is 5.97 Å². The van der Waals surface area contributed by atoms with E-state index in [4.69, 9.17) is 44.2 Å². The lowest BCUT2D eigenvalue weighted by Crippen LogP contribution is -2.35. The summed E-state index contributed by atoms with van der Waals surface area (Å²) in [6, 6.07) is 22.5. The van der Waals surface area contributed by atoms with Crippen molar-refractivity contribution in [2.45, 2.75) is 70.6 Å². The first-order valence-corrected chi connectivity index (χ1v) is 20.9. The molecule has 4 aromatic carbocycles. The summed E-state index contributed by atoms with van der Waals surface area (Å²) in [5, 5.41) is 22.9. The van der Waals surface area contributed by atoms with Gasteiger partial charge in [-0.05, 0) is 86.0 Å². The van der Waals surface area contributed by atoms with Crippen LogP contribution in [0, 0.1) is 23.7 Å². The van der Waals surface area contributed by atoms with Crippen molar-refractivity contribution in [1.82, 2.24) is 25.3 Å². The Morgan fingerprint density at radius 3 is 2.44 bits per heavy atom. The summed E-state index contributed by atoms with van der Waals surface area (Å²) in [5.74, 6) is 4.04. The monoisotopic (exact) mass is 835 g/mol. The quantitative estimate of drug-likeness (QED) is 0.0845. The van der Waals surface area contributed by atoms with Crippen molar-refractivity contribution < 1.29 is 24.2 Å². The van der Waals surface area contributed by atoms with Gasteiger partial charge in [-0.15, -0.1) is 6.42 Å². The number of nitrogens with zero attached hydrogens (tertiary/aromatic N) is 3. The molecule has 3 N–H and O–H groups in total. The lowest BCUT2D eigenvalue weighted by atomic mass is 9.69. The number of carboxylic acids is 1. The Morgan fingerprint density at radius 1 is 1.00 bits per heavy atom. The fraction of sp³-hybridized carbons (Fsp3) is 0.383. The molecule has 1 saturated carbocycles. The molecule has 1 aliphatic heterocycles. The number of methoxy groups -OCH3 is 2. The smallest absolute Gasteiger partial charge is 0.304 e. The topological polar surface area (TPSA) is 118 Å². The molecule has 1 aromatic heterocycles. The molecular weight excluding hydrogens is 785 g/mol. The molecule has 1 atom stereocenters. The number of fused-ring (bicyclic) bond motifs is 1. The van der Waals surface area contributed by atoms with Gasteiger partial charge in [0.1, 0.15) is 11.5 Å². The van der Waals surface area contributed by atoms with Gasteiger partial charge < -0.3 is 30.1 Å². The molecule has 308 valence electrons. The number of carbonyl (C=O) groups excluding carboxylic acids is 1. The van der Waals surface area contributed by atoms with E-state index in [9.17, 15) is 14.7 Å². The maximum Gasteiger partial charge on any atom is 0.304 e. The number of aromatic nitrogens is 2. The molecule has 0 unspecified atom stereocenters. The fourth-order valence-corrected chi connectivity index (χ4v) is 9.38. The minimum Gasteiger partial charge on any atom is -0.496 e. The van der Waals surface area contributed by atoms with Gasteiger partial charge in [-0.3, -0.25) is 14.3 Å². The van der Waals surface area contributed by atoms with Crippen molar-refractivity contribution in [2.24, 2.45) is 11.3 Å². The Kier molecular flexibility index (Phi) is 13.2. The second-order valence-corrected chi connectivity index (χ2v) is 16.8. The van der Waals surface area contributed by atoms with Gasteiger partial charge in [0.05, 0.1) is 43.9 Å². The van der Waals surface area contributed by atoms with Crippen LogP contribution in [0.2, 0.25) is 10.0 Å². The molecule has 0 spiro atoms. The predicted octanol–water partition coefficient (Wildman–Crippen LogP) is 8.83. The number of hydrogen-bond donors (Lipinski definition) is 3. The molecular formula is C47H51Cl2N5O5. The molecule has 5 aromatic rings. The summed E-state index contributed by atoms with van der Waals surface area (Å²) in [4.78, 5) is 25.3. The summed E-state index contributed by atoms with van der Waals surface area (Å²) >= 11 is 14.2. The number of amides is 1. The molecule has 1 aliphatic carbocycles. The first-order chi connectivity index (χ1) is 28.5. The number of terminal acetylenes is 1. The third-order valence-corrected chi connectivity index (χ3v) is 12.8. The van der Waals surface area contributed by atoms with Crippen LogP contribution in [0.4, 0.5) is 0 Å². The maximum atomic E-state index is 11.6. The predicted molar refractivity (Wildman–Crippen MR) is 234 cm³/mol. The van der Waals surface area contributed by atoms with Crippen LogP contribution >= 0.6 is 23.2 Å². The molecule has 2 fully saturated rings. The number of benzene rings is 4. The molecule has 2 heterocycles. The third kappa shape index (κ3) is 9.55. The van der Waals surface area contributed by atoms with Crippen molar-refractivity contribution in [3.05, 3.63) is 99.7 Å². The van der Waals surface area contributed by atoms with Crippen molar-refractivity contribution >= 4 is 46.0 Å². The van der Waals surface area contributed by atoms with Gasteiger partial charge in [0.15, 0.2) is 0 Å². The minimum absolute atomic E-state index is 0.0308. The van der Waals surface area contributed by atoms with E-state index in [1.165, 1.54) is 0 Å². The van der Waals surface area contributed by atoms with Crippen LogP contribution < -0.4 is 20.1 Å². The van der Waals surface area contributed by atoms with Crippen LogP contribution in [0.5, 0.6) is 11.5 Å². The molecule has 1 amide bonds. The Morgan fingerprint density at radius 2 is 1.73 bits per heavy atom. The van der Waals surface area contributed by atoms with Gasteiger partial charge in [-0.2, -0.15) is 5.10 Å². The Bertz CT molecular complexity index is 2380. The van der Waals surface area contributed by atoms with Crippen LogP contribution in [0.15, 0.2) is 72.9 Å². The molecule has 12 heteroatoms. The fourth-order valence-electron chi connectivity index (χ4n) is 8.80. The zero-order chi connectivity index (χ0) is 41.7. The highest BCUT2D eigenvalue weighted by Gasteiger charge is 2.36. The molecule has 59 heavy (non-hydrogen) atoms. The van der Waals surface area contributed by atoms with Crippen molar-refractivity contribution in [2.75, 3.05) is 34.4 Å². The highest BCUT2D eigenvalue weighted by Crippen LogP contribution is 2.43. The average molecular weight is 837 g/mol. The molecule has 10 nitrogen and oxygen atoms in total. The summed E-state index contributed by atoms with van der Waals surface area (Å²) in [6.45, 7) is 3.28. The highest BCUT2D eigenvalue weighted by molar-refractivity contribution is 6.36. The Labute approximate surface area is 356 Å². The maximum absolute atomic E-state index is 11.6. The summed E-state index contributed by atoms with van der Waals surface area (Å²) in [6.07, 6.45) is 12.4. The molecule has 1 saturated heterocycles. The highest BCUT2D eigenvalue weighted by atomic mass is 35.5. The van der Waals surface area contributed by atoms with Crippen LogP contribution in [0.3, 0.4) is 0 Å². The third-order valence-electron chi connectivity index (χ3n) is 12.0. The molecule has 2 aliphatic rings. The van der Waals surface area contributed by atoms with E-state index in [1.54, 1.807) is 14.2 Å². The van der Waals surface area contributed by atoms with Crippen molar-refractivity contribution in [3.63, 3.8) is 0 Å². The number of halogens is 2. The van der Waals surface area contributed by atoms with Gasteiger partial charge in [0.2, 0.25) is 5.91 Å². The van der Waals surface area contributed by atoms with Crippen molar-refractivity contribution in [3.8, 4) is 46.1 Å². The lowest BCUT2D eigenvalue weighted by Gasteiger charge is -2.36. The van der Waals surface area contributed by atoms with E-state index >= 15 is 0 Å². The second-order valence-electron chi connectivity index (χ2n) is 16.1. The van der Waals surface area contributed by atoms with Gasteiger partial charge in [-0.1, -0.05) is 71.6 Å². The number of carbonyl (C=O) groups is 2. The largest absolute Gasteiger partial charge is 0.496 e. The van der Waals surface area contributed by atoms with Gasteiger partial charge in [0, 0.05) is 76.7 Å². The average Bonchev–Trinajstić information content (AvgIpc) is 3.85. The summed E-state index contributed by atoms with van der Waals surface area (Å²) < 4.78 is 13.6. The molecule has 0 radical (unpaired) electrons.